The molecule has 9 atom stereocenters. The van der Waals surface area contributed by atoms with Gasteiger partial charge in [0, 0.05) is 0 Å². The quantitative estimate of drug-likeness (QED) is 0.361. The van der Waals surface area contributed by atoms with Gasteiger partial charge in [-0.2, -0.15) is 0 Å². The van der Waals surface area contributed by atoms with Crippen molar-refractivity contribution in [1.82, 2.24) is 0 Å². The van der Waals surface area contributed by atoms with Crippen LogP contribution < -0.4 is 0 Å². The summed E-state index contributed by atoms with van der Waals surface area (Å²) in [5.41, 5.74) is 0. The highest BCUT2D eigenvalue weighted by Gasteiger charge is 2.73. The van der Waals surface area contributed by atoms with E-state index in [0.29, 0.717) is 6.10 Å². The molecule has 0 spiro atoms. The zero-order valence-corrected chi connectivity index (χ0v) is 9.01. The second kappa shape index (κ2) is 2.20. The summed E-state index contributed by atoms with van der Waals surface area (Å²) >= 11 is 0. The second-order valence-electron chi connectivity index (χ2n) is 6.58. The van der Waals surface area contributed by atoms with Crippen LogP contribution in [0.2, 0.25) is 0 Å². The zero-order valence-electron chi connectivity index (χ0n) is 9.01. The average molecular weight is 202 g/mol. The molecule has 0 N–H and O–H groups in total. The number of allylic oxidation sites excluding steroid dienone is 1. The number of hydrogen-bond donors (Lipinski definition) is 0. The first-order valence-electron chi connectivity index (χ1n) is 6.66. The fourth-order valence-corrected chi connectivity index (χ4v) is 6.17. The number of hydrogen-bond acceptors (Lipinski definition) is 1. The number of rotatable bonds is 1. The molecule has 0 unspecified atom stereocenters. The molecule has 0 radical (unpaired) electrons. The minimum Gasteiger partial charge on any atom is -0.369 e. The zero-order chi connectivity index (χ0) is 9.73. The van der Waals surface area contributed by atoms with Crippen LogP contribution in [0.15, 0.2) is 12.7 Å². The highest BCUT2D eigenvalue weighted by atomic mass is 16.6. The predicted octanol–water partition coefficient (Wildman–Crippen LogP) is 2.48. The van der Waals surface area contributed by atoms with Gasteiger partial charge in [-0.15, -0.1) is 6.58 Å². The molecule has 4 aliphatic carbocycles. The Hall–Kier alpha value is -0.300. The van der Waals surface area contributed by atoms with Crippen LogP contribution in [0.5, 0.6) is 0 Å². The lowest BCUT2D eigenvalue weighted by Crippen LogP contribution is -2.35. The van der Waals surface area contributed by atoms with Crippen molar-refractivity contribution >= 4 is 0 Å². The van der Waals surface area contributed by atoms with E-state index in [0.717, 1.165) is 47.5 Å². The maximum absolute atomic E-state index is 5.84. The minimum atomic E-state index is 0.709. The van der Waals surface area contributed by atoms with Crippen molar-refractivity contribution < 1.29 is 4.74 Å². The molecule has 80 valence electrons. The lowest BCUT2D eigenvalue weighted by Gasteiger charge is -2.36. The molecule has 0 amide bonds. The molecule has 1 saturated heterocycles. The standard InChI is InChI=1S/C14H18O/c1-2-6-3-7-4-8(6)12-10-5-9(11(7)12)13-14(10)15-13/h2,6-14H,1,3-5H2/t6-,7+,8-,9-,10-,11-,12-,13+,14+/m0/s1. The first kappa shape index (κ1) is 7.89. The molecule has 5 aliphatic rings. The molecule has 1 heterocycles. The maximum atomic E-state index is 5.84. The Balaban J connectivity index is 1.58. The average Bonchev–Trinajstić information content (AvgIpc) is 2.69. The van der Waals surface area contributed by atoms with Crippen LogP contribution >= 0.6 is 0 Å². The summed E-state index contributed by atoms with van der Waals surface area (Å²) in [6.45, 7) is 4.04. The van der Waals surface area contributed by atoms with Gasteiger partial charge in [0.15, 0.2) is 0 Å². The van der Waals surface area contributed by atoms with E-state index < -0.39 is 0 Å². The van der Waals surface area contributed by atoms with Crippen molar-refractivity contribution in [3.8, 4) is 0 Å². The van der Waals surface area contributed by atoms with Gasteiger partial charge in [-0.1, -0.05) is 6.08 Å². The summed E-state index contributed by atoms with van der Waals surface area (Å²) in [7, 11) is 0. The van der Waals surface area contributed by atoms with E-state index >= 15 is 0 Å². The highest BCUT2D eigenvalue weighted by molar-refractivity contribution is 5.21. The highest BCUT2D eigenvalue weighted by Crippen LogP contribution is 2.72. The smallest absolute Gasteiger partial charge is 0.0875 e. The van der Waals surface area contributed by atoms with Crippen LogP contribution in [-0.4, -0.2) is 12.2 Å². The van der Waals surface area contributed by atoms with E-state index in [2.05, 4.69) is 12.7 Å². The molecular formula is C14H18O. The van der Waals surface area contributed by atoms with E-state index in [1.54, 1.807) is 0 Å². The fraction of sp³-hybridized carbons (Fsp3) is 0.857. The van der Waals surface area contributed by atoms with Gasteiger partial charge in [-0.05, 0) is 60.7 Å². The number of epoxide rings is 1. The third kappa shape index (κ3) is 0.702. The number of fused-ring (bicyclic) bond motifs is 12. The van der Waals surface area contributed by atoms with Gasteiger partial charge < -0.3 is 4.74 Å². The summed E-state index contributed by atoms with van der Waals surface area (Å²) in [6, 6.07) is 0. The summed E-state index contributed by atoms with van der Waals surface area (Å²) in [5, 5.41) is 0. The monoisotopic (exact) mass is 202 g/mol. The predicted molar refractivity (Wildman–Crippen MR) is 57.1 cm³/mol. The molecule has 5 fully saturated rings. The summed E-state index contributed by atoms with van der Waals surface area (Å²) < 4.78 is 5.84. The lowest BCUT2D eigenvalue weighted by atomic mass is 9.67. The molecule has 0 aromatic heterocycles. The summed E-state index contributed by atoms with van der Waals surface area (Å²) in [4.78, 5) is 0. The molecule has 5 rings (SSSR count). The maximum Gasteiger partial charge on any atom is 0.0875 e. The molecule has 1 aliphatic heterocycles. The first-order valence-corrected chi connectivity index (χ1v) is 6.66. The van der Waals surface area contributed by atoms with Gasteiger partial charge >= 0.3 is 0 Å². The Morgan fingerprint density at radius 1 is 0.933 bits per heavy atom. The molecule has 1 nitrogen and oxygen atoms in total. The van der Waals surface area contributed by atoms with E-state index in [1.807, 2.05) is 0 Å². The molecule has 0 aromatic carbocycles. The van der Waals surface area contributed by atoms with Crippen molar-refractivity contribution in [3.63, 3.8) is 0 Å². The van der Waals surface area contributed by atoms with Crippen LogP contribution in [0.1, 0.15) is 19.3 Å². The third-order valence-electron chi connectivity index (χ3n) is 6.42. The third-order valence-corrected chi connectivity index (χ3v) is 6.42. The van der Waals surface area contributed by atoms with Crippen LogP contribution in [0.4, 0.5) is 0 Å². The Morgan fingerprint density at radius 2 is 1.73 bits per heavy atom. The van der Waals surface area contributed by atoms with Crippen molar-refractivity contribution in [2.45, 2.75) is 31.5 Å². The van der Waals surface area contributed by atoms with Gasteiger partial charge in [0.25, 0.3) is 0 Å². The van der Waals surface area contributed by atoms with Crippen LogP contribution in [0.3, 0.4) is 0 Å². The molecule has 1 heteroatoms. The molecular weight excluding hydrogens is 184 g/mol. The van der Waals surface area contributed by atoms with E-state index in [4.69, 9.17) is 4.74 Å². The van der Waals surface area contributed by atoms with Crippen molar-refractivity contribution in [1.29, 1.82) is 0 Å². The SMILES string of the molecule is C=C[C@H]1C[C@@H]2C[C@@H]1[C@H]1[C@@H]3C[C@H]([C@H]4O[C@H]34)[C@H]21. The summed E-state index contributed by atoms with van der Waals surface area (Å²) in [5.74, 6) is 6.95. The molecule has 0 aromatic rings. The van der Waals surface area contributed by atoms with Crippen LogP contribution in [0.25, 0.3) is 0 Å². The van der Waals surface area contributed by atoms with E-state index in [-0.39, 0.29) is 0 Å². The van der Waals surface area contributed by atoms with Crippen molar-refractivity contribution in [3.05, 3.63) is 12.7 Å². The van der Waals surface area contributed by atoms with Gasteiger partial charge in [0.1, 0.15) is 0 Å². The normalized spacial score (nSPS) is 71.9. The summed E-state index contributed by atoms with van der Waals surface area (Å²) in [6.07, 6.45) is 8.17. The van der Waals surface area contributed by atoms with Gasteiger partial charge in [0.05, 0.1) is 12.2 Å². The van der Waals surface area contributed by atoms with Crippen LogP contribution in [-0.2, 0) is 4.74 Å². The molecule has 4 saturated carbocycles. The van der Waals surface area contributed by atoms with Gasteiger partial charge in [-0.3, -0.25) is 0 Å². The second-order valence-corrected chi connectivity index (χ2v) is 6.58. The van der Waals surface area contributed by atoms with Gasteiger partial charge in [0.2, 0.25) is 0 Å². The van der Waals surface area contributed by atoms with Gasteiger partial charge in [-0.25, -0.2) is 0 Å². The Morgan fingerprint density at radius 3 is 2.53 bits per heavy atom. The number of ether oxygens (including phenoxy) is 1. The fourth-order valence-electron chi connectivity index (χ4n) is 6.17. The lowest BCUT2D eigenvalue weighted by molar-refractivity contribution is 0.138. The minimum absolute atomic E-state index is 0.709. The topological polar surface area (TPSA) is 12.5 Å². The molecule has 4 bridgehead atoms. The first-order chi connectivity index (χ1) is 7.38. The van der Waals surface area contributed by atoms with Crippen molar-refractivity contribution in [2.24, 2.45) is 41.4 Å². The van der Waals surface area contributed by atoms with E-state index in [1.165, 1.54) is 19.3 Å². The van der Waals surface area contributed by atoms with Crippen molar-refractivity contribution in [2.75, 3.05) is 0 Å². The Kier molecular flexibility index (Phi) is 1.16. The molecule has 15 heavy (non-hydrogen) atoms. The Labute approximate surface area is 90.9 Å². The largest absolute Gasteiger partial charge is 0.369 e. The van der Waals surface area contributed by atoms with Crippen LogP contribution in [0, 0.1) is 41.4 Å². The Bertz CT molecular complexity index is 349. The van der Waals surface area contributed by atoms with E-state index in [9.17, 15) is 0 Å².